The van der Waals surface area contributed by atoms with Gasteiger partial charge in [0, 0.05) is 0 Å². The van der Waals surface area contributed by atoms with E-state index in [2.05, 4.69) is 6.58 Å². The molecule has 0 aromatic carbocycles. The van der Waals surface area contributed by atoms with Crippen molar-refractivity contribution < 1.29 is 15.0 Å². The molecule has 11 heavy (non-hydrogen) atoms. The number of hydrogen-bond donors (Lipinski definition) is 2. The van der Waals surface area contributed by atoms with E-state index in [1.165, 1.54) is 6.08 Å². The van der Waals surface area contributed by atoms with Gasteiger partial charge >= 0.3 is 5.97 Å². The molecule has 0 aliphatic rings. The third kappa shape index (κ3) is 3.18. The Balaban J connectivity index is 4.08. The first kappa shape index (κ1) is 10.2. The molecule has 0 fully saturated rings. The van der Waals surface area contributed by atoms with Crippen LogP contribution in [-0.4, -0.2) is 22.3 Å². The molecule has 3 heteroatoms. The summed E-state index contributed by atoms with van der Waals surface area (Å²) in [6.07, 6.45) is 1.54. The summed E-state index contributed by atoms with van der Waals surface area (Å²) in [7, 11) is 0. The van der Waals surface area contributed by atoms with Crippen LogP contribution in [0.5, 0.6) is 0 Å². The zero-order valence-electron chi connectivity index (χ0n) is 6.66. The lowest BCUT2D eigenvalue weighted by Crippen LogP contribution is -2.26. The van der Waals surface area contributed by atoms with Gasteiger partial charge in [0.2, 0.25) is 0 Å². The van der Waals surface area contributed by atoms with E-state index < -0.39 is 18.0 Å². The molecule has 0 heterocycles. The minimum atomic E-state index is -0.959. The smallest absolute Gasteiger partial charge is 0.309 e. The zero-order valence-corrected chi connectivity index (χ0v) is 6.66. The molecule has 0 spiro atoms. The second-order valence-corrected chi connectivity index (χ2v) is 2.44. The molecule has 0 aromatic heterocycles. The molecule has 0 aliphatic heterocycles. The normalized spacial score (nSPS) is 15.5. The Morgan fingerprint density at radius 2 is 2.27 bits per heavy atom. The van der Waals surface area contributed by atoms with Crippen LogP contribution in [-0.2, 0) is 4.79 Å². The van der Waals surface area contributed by atoms with Gasteiger partial charge in [-0.05, 0) is 12.8 Å². The maximum Gasteiger partial charge on any atom is 0.309 e. The molecule has 64 valence electrons. The van der Waals surface area contributed by atoms with E-state index in [-0.39, 0.29) is 0 Å². The number of aliphatic hydroxyl groups excluding tert-OH is 1. The maximum atomic E-state index is 10.5. The van der Waals surface area contributed by atoms with Crippen LogP contribution >= 0.6 is 0 Å². The lowest BCUT2D eigenvalue weighted by molar-refractivity contribution is -0.145. The fourth-order valence-electron chi connectivity index (χ4n) is 0.887. The fraction of sp³-hybridized carbons (Fsp3) is 0.625. The molecule has 0 aliphatic carbocycles. The second-order valence-electron chi connectivity index (χ2n) is 2.44. The van der Waals surface area contributed by atoms with Crippen LogP contribution in [0.2, 0.25) is 0 Å². The van der Waals surface area contributed by atoms with Gasteiger partial charge in [0.1, 0.15) is 0 Å². The van der Waals surface area contributed by atoms with E-state index in [4.69, 9.17) is 5.11 Å². The van der Waals surface area contributed by atoms with E-state index in [1.807, 2.05) is 0 Å². The average molecular weight is 158 g/mol. The molecule has 0 radical (unpaired) electrons. The van der Waals surface area contributed by atoms with Crippen molar-refractivity contribution in [3.63, 3.8) is 0 Å². The van der Waals surface area contributed by atoms with Crippen molar-refractivity contribution >= 4 is 5.97 Å². The van der Waals surface area contributed by atoms with Crippen LogP contribution in [0.4, 0.5) is 0 Å². The molecular formula is C8H14O3. The van der Waals surface area contributed by atoms with E-state index in [0.29, 0.717) is 12.8 Å². The van der Waals surface area contributed by atoms with Crippen molar-refractivity contribution in [2.24, 2.45) is 5.92 Å². The quantitative estimate of drug-likeness (QED) is 0.587. The first-order chi connectivity index (χ1) is 5.13. The molecule has 0 amide bonds. The van der Waals surface area contributed by atoms with Gasteiger partial charge in [-0.2, -0.15) is 0 Å². The Morgan fingerprint density at radius 3 is 2.55 bits per heavy atom. The fourth-order valence-corrected chi connectivity index (χ4v) is 0.887. The van der Waals surface area contributed by atoms with E-state index in [1.54, 1.807) is 6.92 Å². The van der Waals surface area contributed by atoms with Crippen molar-refractivity contribution in [2.75, 3.05) is 0 Å². The monoisotopic (exact) mass is 158 g/mol. The van der Waals surface area contributed by atoms with Gasteiger partial charge in [-0.25, -0.2) is 0 Å². The first-order valence-corrected chi connectivity index (χ1v) is 3.65. The third-order valence-corrected chi connectivity index (χ3v) is 1.62. The van der Waals surface area contributed by atoms with Crippen molar-refractivity contribution in [3.05, 3.63) is 12.7 Å². The van der Waals surface area contributed by atoms with Crippen molar-refractivity contribution in [2.45, 2.75) is 25.9 Å². The molecule has 0 aromatic rings. The highest BCUT2D eigenvalue weighted by atomic mass is 16.4. The predicted octanol–water partition coefficient (Wildman–Crippen LogP) is 1.03. The maximum absolute atomic E-state index is 10.5. The number of rotatable bonds is 5. The zero-order chi connectivity index (χ0) is 8.85. The van der Waals surface area contributed by atoms with Gasteiger partial charge in [0.15, 0.2) is 0 Å². The summed E-state index contributed by atoms with van der Waals surface area (Å²) < 4.78 is 0. The summed E-state index contributed by atoms with van der Waals surface area (Å²) in [5.41, 5.74) is 0. The van der Waals surface area contributed by atoms with Crippen LogP contribution in [0.1, 0.15) is 19.8 Å². The van der Waals surface area contributed by atoms with Crippen LogP contribution in [0.3, 0.4) is 0 Å². The number of hydrogen-bond acceptors (Lipinski definition) is 2. The summed E-state index contributed by atoms with van der Waals surface area (Å²) >= 11 is 0. The minimum Gasteiger partial charge on any atom is -0.481 e. The van der Waals surface area contributed by atoms with E-state index in [0.717, 1.165) is 0 Å². The van der Waals surface area contributed by atoms with Gasteiger partial charge in [-0.1, -0.05) is 13.0 Å². The largest absolute Gasteiger partial charge is 0.481 e. The summed E-state index contributed by atoms with van der Waals surface area (Å²) in [6, 6.07) is 0. The topological polar surface area (TPSA) is 57.5 Å². The standard InChI is InChI=1S/C8H14O3/c1-3-5-6(8(10)11)7(9)4-2/h3,6-7,9H,1,4-5H2,2H3,(H,10,11). The summed E-state index contributed by atoms with van der Waals surface area (Å²) in [4.78, 5) is 10.5. The van der Waals surface area contributed by atoms with Gasteiger partial charge < -0.3 is 10.2 Å². The average Bonchev–Trinajstić information content (AvgIpc) is 1.98. The van der Waals surface area contributed by atoms with Crippen LogP contribution in [0, 0.1) is 5.92 Å². The summed E-state index contributed by atoms with van der Waals surface area (Å²) in [6.45, 7) is 5.18. The van der Waals surface area contributed by atoms with Crippen LogP contribution in [0.25, 0.3) is 0 Å². The minimum absolute atomic E-state index is 0.324. The number of aliphatic carboxylic acids is 1. The summed E-state index contributed by atoms with van der Waals surface area (Å²) in [5.74, 6) is -1.66. The van der Waals surface area contributed by atoms with E-state index >= 15 is 0 Å². The Bertz CT molecular complexity index is 142. The summed E-state index contributed by atoms with van der Waals surface area (Å²) in [5, 5.41) is 17.8. The molecular weight excluding hydrogens is 144 g/mol. The number of allylic oxidation sites excluding steroid dienone is 1. The van der Waals surface area contributed by atoms with E-state index in [9.17, 15) is 9.90 Å². The van der Waals surface area contributed by atoms with Gasteiger partial charge in [0.05, 0.1) is 12.0 Å². The van der Waals surface area contributed by atoms with Crippen molar-refractivity contribution in [1.29, 1.82) is 0 Å². The first-order valence-electron chi connectivity index (χ1n) is 3.65. The highest BCUT2D eigenvalue weighted by molar-refractivity contribution is 5.70. The molecule has 0 rings (SSSR count). The number of carboxylic acid groups (broad SMARTS) is 1. The molecule has 0 saturated carbocycles. The Labute approximate surface area is 66.4 Å². The highest BCUT2D eigenvalue weighted by Gasteiger charge is 2.23. The molecule has 0 bridgehead atoms. The van der Waals surface area contributed by atoms with Crippen LogP contribution < -0.4 is 0 Å². The molecule has 0 saturated heterocycles. The third-order valence-electron chi connectivity index (χ3n) is 1.62. The van der Waals surface area contributed by atoms with Crippen LogP contribution in [0.15, 0.2) is 12.7 Å². The number of aliphatic hydroxyl groups is 1. The predicted molar refractivity (Wildman–Crippen MR) is 42.2 cm³/mol. The number of carboxylic acids is 1. The molecule has 2 atom stereocenters. The second kappa shape index (κ2) is 4.91. The van der Waals surface area contributed by atoms with Crippen molar-refractivity contribution in [1.82, 2.24) is 0 Å². The molecule has 2 unspecified atom stereocenters. The lowest BCUT2D eigenvalue weighted by Gasteiger charge is -2.14. The van der Waals surface area contributed by atoms with Gasteiger partial charge in [-0.3, -0.25) is 4.79 Å². The van der Waals surface area contributed by atoms with Gasteiger partial charge in [0.25, 0.3) is 0 Å². The highest BCUT2D eigenvalue weighted by Crippen LogP contribution is 2.12. The molecule has 3 nitrogen and oxygen atoms in total. The SMILES string of the molecule is C=CCC(C(=O)O)C(O)CC. The Kier molecular flexibility index (Phi) is 4.54. The van der Waals surface area contributed by atoms with Gasteiger partial charge in [-0.15, -0.1) is 6.58 Å². The number of carbonyl (C=O) groups is 1. The van der Waals surface area contributed by atoms with Crippen molar-refractivity contribution in [3.8, 4) is 0 Å². The Morgan fingerprint density at radius 1 is 1.73 bits per heavy atom. The lowest BCUT2D eigenvalue weighted by atomic mass is 9.97. The Hall–Kier alpha value is -0.830. The molecule has 2 N–H and O–H groups in total.